The molecule has 84 valence electrons. The molecule has 1 aromatic carbocycles. The van der Waals surface area contributed by atoms with Gasteiger partial charge in [-0.3, -0.25) is 0 Å². The molecule has 0 unspecified atom stereocenters. The predicted molar refractivity (Wildman–Crippen MR) is 68.6 cm³/mol. The molecule has 0 saturated heterocycles. The number of pyridine rings is 1. The standard InChI is InChI=1S/C12H9ClN4/c13-8-1-3-9(4-2-8)17-10-5-6-14-12-11(10)15-7-16-12/h1-7H,(H2,14,15,16,17). The van der Waals surface area contributed by atoms with Crippen LogP contribution in [0.4, 0.5) is 11.4 Å². The van der Waals surface area contributed by atoms with Crippen molar-refractivity contribution in [1.29, 1.82) is 0 Å². The van der Waals surface area contributed by atoms with E-state index in [-0.39, 0.29) is 0 Å². The fourth-order valence-corrected chi connectivity index (χ4v) is 1.76. The lowest BCUT2D eigenvalue weighted by Crippen LogP contribution is -1.91. The summed E-state index contributed by atoms with van der Waals surface area (Å²) in [4.78, 5) is 11.4. The van der Waals surface area contributed by atoms with E-state index in [0.717, 1.165) is 27.6 Å². The Kier molecular flexibility index (Phi) is 2.42. The monoisotopic (exact) mass is 244 g/mol. The Hall–Kier alpha value is -2.07. The zero-order valence-corrected chi connectivity index (χ0v) is 9.57. The molecule has 0 aliphatic rings. The molecule has 17 heavy (non-hydrogen) atoms. The van der Waals surface area contributed by atoms with Gasteiger partial charge < -0.3 is 10.3 Å². The van der Waals surface area contributed by atoms with Gasteiger partial charge in [0.1, 0.15) is 5.52 Å². The largest absolute Gasteiger partial charge is 0.354 e. The van der Waals surface area contributed by atoms with Crippen molar-refractivity contribution in [1.82, 2.24) is 15.0 Å². The second-order valence-corrected chi connectivity index (χ2v) is 4.03. The SMILES string of the molecule is Clc1ccc(Nc2ccnc3[nH]cnc23)cc1. The number of aromatic amines is 1. The molecule has 3 rings (SSSR count). The molecule has 0 atom stereocenters. The van der Waals surface area contributed by atoms with Crippen molar-refractivity contribution >= 4 is 34.1 Å². The van der Waals surface area contributed by atoms with E-state index in [4.69, 9.17) is 11.6 Å². The lowest BCUT2D eigenvalue weighted by atomic mass is 10.3. The fourth-order valence-electron chi connectivity index (χ4n) is 1.64. The third kappa shape index (κ3) is 1.94. The molecular weight excluding hydrogens is 236 g/mol. The zero-order valence-electron chi connectivity index (χ0n) is 8.81. The van der Waals surface area contributed by atoms with E-state index in [1.54, 1.807) is 12.5 Å². The number of fused-ring (bicyclic) bond motifs is 1. The second kappa shape index (κ2) is 4.07. The van der Waals surface area contributed by atoms with Gasteiger partial charge in [0.25, 0.3) is 0 Å². The highest BCUT2D eigenvalue weighted by molar-refractivity contribution is 6.30. The molecule has 0 radical (unpaired) electrons. The Balaban J connectivity index is 1.99. The normalized spacial score (nSPS) is 10.6. The van der Waals surface area contributed by atoms with Crippen LogP contribution in [0.25, 0.3) is 11.2 Å². The number of benzene rings is 1. The lowest BCUT2D eigenvalue weighted by molar-refractivity contribution is 1.30. The summed E-state index contributed by atoms with van der Waals surface area (Å²) in [5, 5.41) is 4.00. The van der Waals surface area contributed by atoms with Crippen molar-refractivity contribution in [2.45, 2.75) is 0 Å². The number of nitrogens with zero attached hydrogens (tertiary/aromatic N) is 2. The molecule has 0 fully saturated rings. The maximum absolute atomic E-state index is 5.84. The van der Waals surface area contributed by atoms with Gasteiger partial charge >= 0.3 is 0 Å². The number of rotatable bonds is 2. The maximum Gasteiger partial charge on any atom is 0.159 e. The molecule has 0 spiro atoms. The van der Waals surface area contributed by atoms with Crippen molar-refractivity contribution in [2.75, 3.05) is 5.32 Å². The van der Waals surface area contributed by atoms with Crippen molar-refractivity contribution in [3.8, 4) is 0 Å². The highest BCUT2D eigenvalue weighted by Gasteiger charge is 2.04. The third-order valence-electron chi connectivity index (χ3n) is 2.44. The summed E-state index contributed by atoms with van der Waals surface area (Å²) in [6, 6.07) is 9.40. The topological polar surface area (TPSA) is 53.6 Å². The summed E-state index contributed by atoms with van der Waals surface area (Å²) < 4.78 is 0. The minimum Gasteiger partial charge on any atom is -0.354 e. The van der Waals surface area contributed by atoms with E-state index in [1.165, 1.54) is 0 Å². The van der Waals surface area contributed by atoms with Gasteiger partial charge in [0.15, 0.2) is 5.65 Å². The predicted octanol–water partition coefficient (Wildman–Crippen LogP) is 3.35. The number of hydrogen-bond acceptors (Lipinski definition) is 3. The van der Waals surface area contributed by atoms with E-state index in [0.29, 0.717) is 0 Å². The summed E-state index contributed by atoms with van der Waals surface area (Å²) in [6.07, 6.45) is 3.36. The van der Waals surface area contributed by atoms with Crippen LogP contribution in [-0.2, 0) is 0 Å². The Morgan fingerprint density at radius 1 is 1.06 bits per heavy atom. The van der Waals surface area contributed by atoms with Gasteiger partial charge in [-0.05, 0) is 30.3 Å². The number of nitrogens with one attached hydrogen (secondary N) is 2. The number of hydrogen-bond donors (Lipinski definition) is 2. The average molecular weight is 245 g/mol. The van der Waals surface area contributed by atoms with E-state index < -0.39 is 0 Å². The smallest absolute Gasteiger partial charge is 0.159 e. The summed E-state index contributed by atoms with van der Waals surface area (Å²) in [6.45, 7) is 0. The Bertz CT molecular complexity index is 645. The third-order valence-corrected chi connectivity index (χ3v) is 2.69. The highest BCUT2D eigenvalue weighted by Crippen LogP contribution is 2.23. The molecule has 2 heterocycles. The molecule has 0 aliphatic heterocycles. The van der Waals surface area contributed by atoms with Gasteiger partial charge in [0, 0.05) is 16.9 Å². The fraction of sp³-hybridized carbons (Fsp3) is 0. The quantitative estimate of drug-likeness (QED) is 0.727. The molecule has 0 saturated carbocycles. The Labute approximate surface area is 103 Å². The molecule has 2 N–H and O–H groups in total. The Morgan fingerprint density at radius 3 is 2.71 bits per heavy atom. The number of anilines is 2. The first-order valence-corrected chi connectivity index (χ1v) is 5.51. The van der Waals surface area contributed by atoms with Crippen molar-refractivity contribution in [2.24, 2.45) is 0 Å². The molecule has 4 nitrogen and oxygen atoms in total. The first-order valence-electron chi connectivity index (χ1n) is 5.13. The molecular formula is C12H9ClN4. The van der Waals surface area contributed by atoms with Crippen LogP contribution in [0.3, 0.4) is 0 Å². The minimum atomic E-state index is 0.718. The van der Waals surface area contributed by atoms with E-state index in [1.807, 2.05) is 30.3 Å². The first kappa shape index (κ1) is 10.1. The van der Waals surface area contributed by atoms with Gasteiger partial charge in [-0.15, -0.1) is 0 Å². The van der Waals surface area contributed by atoms with Crippen LogP contribution in [-0.4, -0.2) is 15.0 Å². The van der Waals surface area contributed by atoms with Gasteiger partial charge in [-0.25, -0.2) is 9.97 Å². The number of halogens is 1. The van der Waals surface area contributed by atoms with Crippen LogP contribution < -0.4 is 5.32 Å². The molecule has 0 bridgehead atoms. The number of aromatic nitrogens is 3. The van der Waals surface area contributed by atoms with Crippen LogP contribution >= 0.6 is 11.6 Å². The summed E-state index contributed by atoms with van der Waals surface area (Å²) >= 11 is 5.84. The average Bonchev–Trinajstić information content (AvgIpc) is 2.81. The van der Waals surface area contributed by atoms with Crippen molar-refractivity contribution in [3.63, 3.8) is 0 Å². The summed E-state index contributed by atoms with van der Waals surface area (Å²) in [5.74, 6) is 0. The van der Waals surface area contributed by atoms with Crippen LogP contribution in [0.5, 0.6) is 0 Å². The first-order chi connectivity index (χ1) is 8.33. The van der Waals surface area contributed by atoms with Crippen LogP contribution in [0.1, 0.15) is 0 Å². The minimum absolute atomic E-state index is 0.718. The molecule has 5 heteroatoms. The van der Waals surface area contributed by atoms with E-state index in [2.05, 4.69) is 20.3 Å². The maximum atomic E-state index is 5.84. The number of imidazole rings is 1. The molecule has 0 amide bonds. The second-order valence-electron chi connectivity index (χ2n) is 3.59. The van der Waals surface area contributed by atoms with Crippen LogP contribution in [0.15, 0.2) is 42.9 Å². The molecule has 0 aliphatic carbocycles. The summed E-state index contributed by atoms with van der Waals surface area (Å²) in [7, 11) is 0. The van der Waals surface area contributed by atoms with Crippen molar-refractivity contribution in [3.05, 3.63) is 47.9 Å². The molecule has 3 aromatic rings. The van der Waals surface area contributed by atoms with Gasteiger partial charge in [-0.1, -0.05) is 11.6 Å². The van der Waals surface area contributed by atoms with Gasteiger partial charge in [-0.2, -0.15) is 0 Å². The van der Waals surface area contributed by atoms with E-state index in [9.17, 15) is 0 Å². The summed E-state index contributed by atoms with van der Waals surface area (Å²) in [5.41, 5.74) is 3.47. The van der Waals surface area contributed by atoms with Gasteiger partial charge in [0.05, 0.1) is 12.0 Å². The van der Waals surface area contributed by atoms with Crippen LogP contribution in [0, 0.1) is 0 Å². The van der Waals surface area contributed by atoms with Gasteiger partial charge in [0.2, 0.25) is 0 Å². The number of H-pyrrole nitrogens is 1. The lowest BCUT2D eigenvalue weighted by Gasteiger charge is -2.06. The zero-order chi connectivity index (χ0) is 11.7. The van der Waals surface area contributed by atoms with Crippen LogP contribution in [0.2, 0.25) is 5.02 Å². The van der Waals surface area contributed by atoms with Crippen molar-refractivity contribution < 1.29 is 0 Å². The Morgan fingerprint density at radius 2 is 1.88 bits per heavy atom. The van der Waals surface area contributed by atoms with E-state index >= 15 is 0 Å². The highest BCUT2D eigenvalue weighted by atomic mass is 35.5. The molecule has 2 aromatic heterocycles.